The van der Waals surface area contributed by atoms with Gasteiger partial charge in [-0.1, -0.05) is 6.08 Å². The summed E-state index contributed by atoms with van der Waals surface area (Å²) >= 11 is 0. The first-order valence-corrected chi connectivity index (χ1v) is 6.07. The van der Waals surface area contributed by atoms with Crippen LogP contribution in [0.15, 0.2) is 11.6 Å². The van der Waals surface area contributed by atoms with Crippen LogP contribution in [0.4, 0.5) is 0 Å². The second-order valence-electron chi connectivity index (χ2n) is 5.83. The van der Waals surface area contributed by atoms with Gasteiger partial charge < -0.3 is 9.84 Å². The summed E-state index contributed by atoms with van der Waals surface area (Å²) in [4.78, 5) is 23.3. The van der Waals surface area contributed by atoms with Gasteiger partial charge in [0.2, 0.25) is 0 Å². The number of hydrogen-bond acceptors (Lipinski definition) is 4. The standard InChI is InChI=1S/C14H24O4/c1-7-10(2)12(16)18-14(5,6)9-11(15)8-13(3,4)17/h7,17H,8-9H2,1-6H3. The number of carbonyl (C=O) groups excluding carboxylic acids is 2. The molecule has 0 aliphatic carbocycles. The van der Waals surface area contributed by atoms with E-state index in [1.165, 1.54) is 0 Å². The summed E-state index contributed by atoms with van der Waals surface area (Å²) in [5, 5.41) is 9.56. The fourth-order valence-electron chi connectivity index (χ4n) is 1.51. The van der Waals surface area contributed by atoms with Gasteiger partial charge in [-0.3, -0.25) is 4.79 Å². The van der Waals surface area contributed by atoms with Crippen molar-refractivity contribution in [1.82, 2.24) is 0 Å². The van der Waals surface area contributed by atoms with E-state index in [1.807, 2.05) is 0 Å². The van der Waals surface area contributed by atoms with E-state index in [0.29, 0.717) is 5.57 Å². The van der Waals surface area contributed by atoms with Crippen molar-refractivity contribution in [1.29, 1.82) is 0 Å². The summed E-state index contributed by atoms with van der Waals surface area (Å²) in [7, 11) is 0. The number of esters is 1. The number of ketones is 1. The van der Waals surface area contributed by atoms with Crippen LogP contribution in [0.3, 0.4) is 0 Å². The number of Topliss-reactive ketones (excluding diaryl/α,β-unsaturated/α-hetero) is 1. The monoisotopic (exact) mass is 256 g/mol. The fraction of sp³-hybridized carbons (Fsp3) is 0.714. The zero-order valence-corrected chi connectivity index (χ0v) is 12.2. The van der Waals surface area contributed by atoms with Crippen LogP contribution in [0.1, 0.15) is 54.4 Å². The Morgan fingerprint density at radius 2 is 1.67 bits per heavy atom. The molecule has 0 aromatic carbocycles. The van der Waals surface area contributed by atoms with Crippen LogP contribution in [0.25, 0.3) is 0 Å². The normalized spacial score (nSPS) is 13.4. The fourth-order valence-corrected chi connectivity index (χ4v) is 1.51. The van der Waals surface area contributed by atoms with Crippen molar-refractivity contribution in [2.75, 3.05) is 0 Å². The van der Waals surface area contributed by atoms with Crippen LogP contribution in [0.5, 0.6) is 0 Å². The summed E-state index contributed by atoms with van der Waals surface area (Å²) in [5.41, 5.74) is -1.38. The van der Waals surface area contributed by atoms with Gasteiger partial charge in [-0.15, -0.1) is 0 Å². The molecule has 0 bridgehead atoms. The molecule has 4 heteroatoms. The molecule has 0 saturated carbocycles. The first kappa shape index (κ1) is 16.8. The molecule has 0 unspecified atom stereocenters. The van der Waals surface area contributed by atoms with Crippen molar-refractivity contribution >= 4 is 11.8 Å². The maximum Gasteiger partial charge on any atom is 0.333 e. The van der Waals surface area contributed by atoms with Gasteiger partial charge in [0.25, 0.3) is 0 Å². The van der Waals surface area contributed by atoms with E-state index in [9.17, 15) is 14.7 Å². The third-order valence-electron chi connectivity index (χ3n) is 2.38. The summed E-state index contributed by atoms with van der Waals surface area (Å²) in [6, 6.07) is 0. The van der Waals surface area contributed by atoms with Crippen LogP contribution in [0, 0.1) is 0 Å². The molecular weight excluding hydrogens is 232 g/mol. The Balaban J connectivity index is 4.49. The molecule has 0 aromatic rings. The summed E-state index contributed by atoms with van der Waals surface area (Å²) < 4.78 is 5.27. The topological polar surface area (TPSA) is 63.6 Å². The van der Waals surface area contributed by atoms with Crippen LogP contribution < -0.4 is 0 Å². The molecule has 0 aromatic heterocycles. The van der Waals surface area contributed by atoms with Gasteiger partial charge in [0.1, 0.15) is 11.4 Å². The molecule has 0 radical (unpaired) electrons. The van der Waals surface area contributed by atoms with E-state index >= 15 is 0 Å². The summed E-state index contributed by atoms with van der Waals surface area (Å²) in [6.45, 7) is 9.95. The molecule has 0 aliphatic heterocycles. The van der Waals surface area contributed by atoms with E-state index in [2.05, 4.69) is 0 Å². The Morgan fingerprint density at radius 3 is 2.06 bits per heavy atom. The third kappa shape index (κ3) is 7.22. The number of carbonyl (C=O) groups is 2. The van der Waals surface area contributed by atoms with Gasteiger partial charge in [-0.25, -0.2) is 4.79 Å². The van der Waals surface area contributed by atoms with Crippen molar-refractivity contribution in [3.8, 4) is 0 Å². The lowest BCUT2D eigenvalue weighted by atomic mass is 9.94. The molecular formula is C14H24O4. The zero-order chi connectivity index (χ0) is 14.6. The van der Waals surface area contributed by atoms with E-state index in [1.54, 1.807) is 47.6 Å². The molecule has 0 amide bonds. The molecule has 0 saturated heterocycles. The molecule has 0 fully saturated rings. The number of aliphatic hydroxyl groups is 1. The molecule has 0 rings (SSSR count). The Morgan fingerprint density at radius 1 is 1.17 bits per heavy atom. The van der Waals surface area contributed by atoms with Crippen molar-refractivity contribution in [2.24, 2.45) is 0 Å². The van der Waals surface area contributed by atoms with Crippen LogP contribution >= 0.6 is 0 Å². The Labute approximate surface area is 109 Å². The van der Waals surface area contributed by atoms with E-state index < -0.39 is 17.2 Å². The quantitative estimate of drug-likeness (QED) is 0.585. The van der Waals surface area contributed by atoms with E-state index in [0.717, 1.165) is 0 Å². The highest BCUT2D eigenvalue weighted by Gasteiger charge is 2.29. The van der Waals surface area contributed by atoms with Crippen molar-refractivity contribution in [3.05, 3.63) is 11.6 Å². The van der Waals surface area contributed by atoms with Gasteiger partial charge in [0, 0.05) is 18.4 Å². The first-order chi connectivity index (χ1) is 7.97. The summed E-state index contributed by atoms with van der Waals surface area (Å²) in [5.74, 6) is -0.544. The lowest BCUT2D eigenvalue weighted by Gasteiger charge is -2.26. The van der Waals surface area contributed by atoms with Crippen molar-refractivity contribution in [2.45, 2.75) is 65.6 Å². The minimum atomic E-state index is -1.03. The SMILES string of the molecule is CC=C(C)C(=O)OC(C)(C)CC(=O)CC(C)(C)O. The van der Waals surface area contributed by atoms with Crippen LogP contribution in [0.2, 0.25) is 0 Å². The van der Waals surface area contributed by atoms with Gasteiger partial charge in [-0.05, 0) is 41.5 Å². The largest absolute Gasteiger partial charge is 0.456 e. The Bertz CT molecular complexity index is 345. The third-order valence-corrected chi connectivity index (χ3v) is 2.38. The lowest BCUT2D eigenvalue weighted by molar-refractivity contribution is -0.153. The number of hydrogen-bond donors (Lipinski definition) is 1. The van der Waals surface area contributed by atoms with Gasteiger partial charge in [0.15, 0.2) is 0 Å². The Kier molecular flexibility index (Phi) is 5.74. The second-order valence-corrected chi connectivity index (χ2v) is 5.83. The number of allylic oxidation sites excluding steroid dienone is 1. The molecule has 0 aliphatic rings. The highest BCUT2D eigenvalue weighted by atomic mass is 16.6. The molecule has 0 spiro atoms. The maximum atomic E-state index is 11.7. The van der Waals surface area contributed by atoms with Gasteiger partial charge >= 0.3 is 5.97 Å². The van der Waals surface area contributed by atoms with Gasteiger partial charge in [0.05, 0.1) is 5.60 Å². The predicted molar refractivity (Wildman–Crippen MR) is 70.1 cm³/mol. The van der Waals surface area contributed by atoms with Crippen molar-refractivity contribution < 1.29 is 19.4 Å². The van der Waals surface area contributed by atoms with E-state index in [4.69, 9.17) is 4.74 Å². The first-order valence-electron chi connectivity index (χ1n) is 6.07. The van der Waals surface area contributed by atoms with Gasteiger partial charge in [-0.2, -0.15) is 0 Å². The molecule has 1 N–H and O–H groups in total. The van der Waals surface area contributed by atoms with E-state index in [-0.39, 0.29) is 18.6 Å². The zero-order valence-electron chi connectivity index (χ0n) is 12.2. The minimum absolute atomic E-state index is 0.0522. The highest BCUT2D eigenvalue weighted by molar-refractivity contribution is 5.88. The predicted octanol–water partition coefficient (Wildman–Crippen LogP) is 2.39. The average Bonchev–Trinajstić information content (AvgIpc) is 2.10. The molecule has 0 atom stereocenters. The number of rotatable bonds is 6. The average molecular weight is 256 g/mol. The van der Waals surface area contributed by atoms with Crippen molar-refractivity contribution in [3.63, 3.8) is 0 Å². The molecule has 4 nitrogen and oxygen atoms in total. The highest BCUT2D eigenvalue weighted by Crippen LogP contribution is 2.20. The Hall–Kier alpha value is -1.16. The second kappa shape index (κ2) is 6.14. The number of ether oxygens (including phenoxy) is 1. The van der Waals surface area contributed by atoms with Crippen LogP contribution in [-0.2, 0) is 14.3 Å². The maximum absolute atomic E-state index is 11.7. The summed E-state index contributed by atoms with van der Waals surface area (Å²) in [6.07, 6.45) is 1.81. The lowest BCUT2D eigenvalue weighted by Crippen LogP contribution is -2.33. The molecule has 0 heterocycles. The van der Waals surface area contributed by atoms with Crippen LogP contribution in [-0.4, -0.2) is 28.1 Å². The molecule has 104 valence electrons. The molecule has 18 heavy (non-hydrogen) atoms. The minimum Gasteiger partial charge on any atom is -0.456 e. The smallest absolute Gasteiger partial charge is 0.333 e.